The van der Waals surface area contributed by atoms with Gasteiger partial charge in [0.05, 0.1) is 0 Å². The van der Waals surface area contributed by atoms with Crippen molar-refractivity contribution >= 4 is 15.7 Å². The number of benzene rings is 1. The molecule has 0 bridgehead atoms. The highest BCUT2D eigenvalue weighted by Gasteiger charge is 2.22. The van der Waals surface area contributed by atoms with Crippen LogP contribution in [0.4, 0.5) is 14.5 Å². The summed E-state index contributed by atoms with van der Waals surface area (Å²) in [5, 5.41) is 0. The second-order valence-electron chi connectivity index (χ2n) is 4.72. The molecule has 1 saturated heterocycles. The van der Waals surface area contributed by atoms with Crippen molar-refractivity contribution in [3.05, 3.63) is 23.8 Å². The van der Waals surface area contributed by atoms with E-state index in [2.05, 4.69) is 9.62 Å². The van der Waals surface area contributed by atoms with Gasteiger partial charge in [0.2, 0.25) is 10.0 Å². The first-order chi connectivity index (χ1) is 9.42. The largest absolute Gasteiger partial charge is 0.394 e. The van der Waals surface area contributed by atoms with Gasteiger partial charge >= 0.3 is 0 Å². The lowest BCUT2D eigenvalue weighted by Crippen LogP contribution is -2.34. The van der Waals surface area contributed by atoms with Gasteiger partial charge in [0, 0.05) is 13.1 Å². The minimum absolute atomic E-state index is 0.180. The van der Waals surface area contributed by atoms with Crippen molar-refractivity contribution in [2.24, 2.45) is 0 Å². The molecule has 1 aliphatic heterocycles. The van der Waals surface area contributed by atoms with E-state index in [1.165, 1.54) is 0 Å². The van der Waals surface area contributed by atoms with E-state index < -0.39 is 32.2 Å². The molecule has 0 saturated carbocycles. The molecule has 2 rings (SSSR count). The van der Waals surface area contributed by atoms with Gasteiger partial charge in [-0.25, -0.2) is 21.9 Å². The molecule has 1 aliphatic rings. The van der Waals surface area contributed by atoms with Gasteiger partial charge in [-0.15, -0.1) is 0 Å². The van der Waals surface area contributed by atoms with Crippen LogP contribution in [-0.2, 0) is 10.0 Å². The van der Waals surface area contributed by atoms with Crippen LogP contribution in [0.25, 0.3) is 0 Å². The SMILES string of the molecule is Nc1c(F)ccc(S(=O)(=O)NCCN2CCCC2)c1F. The fourth-order valence-electron chi connectivity index (χ4n) is 2.18. The molecule has 0 aliphatic carbocycles. The van der Waals surface area contributed by atoms with Crippen LogP contribution in [0.3, 0.4) is 0 Å². The zero-order valence-corrected chi connectivity index (χ0v) is 11.7. The lowest BCUT2D eigenvalue weighted by Gasteiger charge is -2.15. The highest BCUT2D eigenvalue weighted by molar-refractivity contribution is 7.89. The Hall–Kier alpha value is -1.25. The maximum Gasteiger partial charge on any atom is 0.243 e. The van der Waals surface area contributed by atoms with Gasteiger partial charge in [0.15, 0.2) is 5.82 Å². The quantitative estimate of drug-likeness (QED) is 0.793. The van der Waals surface area contributed by atoms with Gasteiger partial charge in [0.25, 0.3) is 0 Å². The second-order valence-corrected chi connectivity index (χ2v) is 6.46. The van der Waals surface area contributed by atoms with Crippen LogP contribution in [0.5, 0.6) is 0 Å². The smallest absolute Gasteiger partial charge is 0.243 e. The fourth-order valence-corrected chi connectivity index (χ4v) is 3.29. The fraction of sp³-hybridized carbons (Fsp3) is 0.500. The van der Waals surface area contributed by atoms with E-state index in [1.807, 2.05) is 0 Å². The standard InChI is InChI=1S/C12H17F2N3O2S/c13-9-3-4-10(11(14)12(9)15)20(18,19)16-5-8-17-6-1-2-7-17/h3-4,16H,1-2,5-8,15H2. The molecule has 1 heterocycles. The third-order valence-corrected chi connectivity index (χ3v) is 4.78. The first-order valence-electron chi connectivity index (χ1n) is 6.37. The van der Waals surface area contributed by atoms with Crippen LogP contribution in [0.1, 0.15) is 12.8 Å². The minimum Gasteiger partial charge on any atom is -0.394 e. The van der Waals surface area contributed by atoms with E-state index in [1.54, 1.807) is 0 Å². The minimum atomic E-state index is -4.02. The van der Waals surface area contributed by atoms with Crippen molar-refractivity contribution in [2.45, 2.75) is 17.7 Å². The van der Waals surface area contributed by atoms with E-state index in [0.717, 1.165) is 38.1 Å². The maximum atomic E-state index is 13.7. The highest BCUT2D eigenvalue weighted by atomic mass is 32.2. The van der Waals surface area contributed by atoms with Crippen LogP contribution < -0.4 is 10.5 Å². The first kappa shape index (κ1) is 15.1. The Kier molecular flexibility index (Phi) is 4.56. The molecule has 3 N–H and O–H groups in total. The van der Waals surface area contributed by atoms with Crippen molar-refractivity contribution in [3.8, 4) is 0 Å². The molecule has 0 amide bonds. The van der Waals surface area contributed by atoms with Crippen LogP contribution in [0.2, 0.25) is 0 Å². The number of nitrogen functional groups attached to an aromatic ring is 1. The third kappa shape index (κ3) is 3.25. The number of anilines is 1. The van der Waals surface area contributed by atoms with Crippen molar-refractivity contribution in [2.75, 3.05) is 31.9 Å². The third-order valence-electron chi connectivity index (χ3n) is 3.30. The molecule has 0 atom stereocenters. The van der Waals surface area contributed by atoms with E-state index >= 15 is 0 Å². The summed E-state index contributed by atoms with van der Waals surface area (Å²) in [6.45, 7) is 2.63. The number of nitrogens with two attached hydrogens (primary N) is 1. The summed E-state index contributed by atoms with van der Waals surface area (Å²) in [5.41, 5.74) is 4.37. The average Bonchev–Trinajstić information content (AvgIpc) is 2.88. The summed E-state index contributed by atoms with van der Waals surface area (Å²) in [4.78, 5) is 1.50. The normalized spacial score (nSPS) is 16.7. The number of halogens is 2. The molecule has 0 unspecified atom stereocenters. The Morgan fingerprint density at radius 3 is 2.55 bits per heavy atom. The number of rotatable bonds is 5. The van der Waals surface area contributed by atoms with Crippen LogP contribution in [-0.4, -0.2) is 39.5 Å². The molecule has 5 nitrogen and oxygen atoms in total. The van der Waals surface area contributed by atoms with Gasteiger partial charge in [0.1, 0.15) is 16.4 Å². The van der Waals surface area contributed by atoms with Crippen molar-refractivity contribution < 1.29 is 17.2 Å². The molecule has 0 radical (unpaired) electrons. The summed E-state index contributed by atoms with van der Waals surface area (Å²) in [7, 11) is -4.02. The van der Waals surface area contributed by atoms with E-state index in [4.69, 9.17) is 5.73 Å². The van der Waals surface area contributed by atoms with Crippen LogP contribution >= 0.6 is 0 Å². The van der Waals surface area contributed by atoms with E-state index in [9.17, 15) is 17.2 Å². The van der Waals surface area contributed by atoms with Gasteiger partial charge in [-0.1, -0.05) is 0 Å². The number of hydrogen-bond donors (Lipinski definition) is 2. The monoisotopic (exact) mass is 305 g/mol. The Bertz CT molecular complexity index is 587. The molecule has 20 heavy (non-hydrogen) atoms. The Labute approximate surface area is 116 Å². The number of nitrogens with zero attached hydrogens (tertiary/aromatic N) is 1. The average molecular weight is 305 g/mol. The molecular formula is C12H17F2N3O2S. The van der Waals surface area contributed by atoms with Gasteiger partial charge in [-0.05, 0) is 38.1 Å². The number of likely N-dealkylation sites (tertiary alicyclic amines) is 1. The molecule has 0 aromatic heterocycles. The van der Waals surface area contributed by atoms with Crippen molar-refractivity contribution in [1.29, 1.82) is 0 Å². The topological polar surface area (TPSA) is 75.4 Å². The summed E-state index contributed by atoms with van der Waals surface area (Å²) in [6, 6.07) is 1.71. The molecule has 112 valence electrons. The summed E-state index contributed by atoms with van der Waals surface area (Å²) < 4.78 is 52.9. The van der Waals surface area contributed by atoms with Crippen molar-refractivity contribution in [3.63, 3.8) is 0 Å². The molecule has 1 fully saturated rings. The Morgan fingerprint density at radius 2 is 1.90 bits per heavy atom. The number of sulfonamides is 1. The van der Waals surface area contributed by atoms with Gasteiger partial charge < -0.3 is 10.6 Å². The zero-order valence-electron chi connectivity index (χ0n) is 10.9. The molecule has 1 aromatic rings. The number of nitrogens with one attached hydrogen (secondary N) is 1. The number of hydrogen-bond acceptors (Lipinski definition) is 4. The van der Waals surface area contributed by atoms with Crippen LogP contribution in [0, 0.1) is 11.6 Å². The zero-order chi connectivity index (χ0) is 14.8. The van der Waals surface area contributed by atoms with Crippen molar-refractivity contribution in [1.82, 2.24) is 9.62 Å². The molecule has 0 spiro atoms. The molecule has 1 aromatic carbocycles. The van der Waals surface area contributed by atoms with Gasteiger partial charge in [-0.3, -0.25) is 0 Å². The van der Waals surface area contributed by atoms with E-state index in [0.29, 0.717) is 6.54 Å². The summed E-state index contributed by atoms with van der Waals surface area (Å²) in [6.07, 6.45) is 2.21. The van der Waals surface area contributed by atoms with Crippen LogP contribution in [0.15, 0.2) is 17.0 Å². The van der Waals surface area contributed by atoms with Gasteiger partial charge in [-0.2, -0.15) is 0 Å². The summed E-state index contributed by atoms with van der Waals surface area (Å²) in [5.74, 6) is -2.22. The Morgan fingerprint density at radius 1 is 1.25 bits per heavy atom. The Balaban J connectivity index is 2.04. The lowest BCUT2D eigenvalue weighted by atomic mass is 10.3. The maximum absolute atomic E-state index is 13.7. The lowest BCUT2D eigenvalue weighted by molar-refractivity contribution is 0.344. The molecule has 8 heteroatoms. The predicted molar refractivity (Wildman–Crippen MR) is 71.6 cm³/mol. The highest BCUT2D eigenvalue weighted by Crippen LogP contribution is 2.22. The molecular weight excluding hydrogens is 288 g/mol. The summed E-state index contributed by atoms with van der Waals surface area (Å²) >= 11 is 0. The first-order valence-corrected chi connectivity index (χ1v) is 7.85. The second kappa shape index (κ2) is 6.02. The van der Waals surface area contributed by atoms with E-state index in [-0.39, 0.29) is 6.54 Å². The predicted octanol–water partition coefficient (Wildman–Crippen LogP) is 0.921.